The van der Waals surface area contributed by atoms with Crippen molar-refractivity contribution in [1.82, 2.24) is 30.1 Å². The Labute approximate surface area is 329 Å². The molecule has 0 atom stereocenters. The van der Waals surface area contributed by atoms with Crippen molar-refractivity contribution in [2.45, 2.75) is 76.0 Å². The molecule has 3 saturated heterocycles. The Hall–Kier alpha value is -5.26. The first-order valence-corrected chi connectivity index (χ1v) is 20.0. The number of nitrogens with one attached hydrogen (secondary N) is 2. The molecule has 292 valence electrons. The van der Waals surface area contributed by atoms with Gasteiger partial charge >= 0.3 is 6.03 Å². The Balaban J connectivity index is 0.768. The van der Waals surface area contributed by atoms with Gasteiger partial charge in [-0.05, 0) is 87.6 Å². The van der Waals surface area contributed by atoms with Crippen molar-refractivity contribution in [3.8, 4) is 11.8 Å². The number of aromatic nitrogens is 3. The van der Waals surface area contributed by atoms with Crippen molar-refractivity contribution in [3.05, 3.63) is 77.1 Å². The summed E-state index contributed by atoms with van der Waals surface area (Å²) in [4.78, 5) is 52.6. The molecule has 4 aliphatic rings. The number of nitriles is 1. The predicted molar refractivity (Wildman–Crippen MR) is 209 cm³/mol. The minimum Gasteiger partial charge on any atom is -0.490 e. The van der Waals surface area contributed by atoms with Crippen molar-refractivity contribution < 1.29 is 23.5 Å². The second kappa shape index (κ2) is 16.5. The first-order chi connectivity index (χ1) is 27.2. The fourth-order valence-electron chi connectivity index (χ4n) is 8.67. The number of amides is 4. The minimum atomic E-state index is -0.516. The van der Waals surface area contributed by atoms with Crippen LogP contribution in [0.15, 0.2) is 55.0 Å². The Morgan fingerprint density at radius 2 is 1.75 bits per heavy atom. The van der Waals surface area contributed by atoms with Crippen LogP contribution in [0.1, 0.15) is 79.9 Å². The molecule has 4 fully saturated rings. The zero-order valence-corrected chi connectivity index (χ0v) is 31.9. The highest BCUT2D eigenvalue weighted by Gasteiger charge is 2.30. The maximum Gasteiger partial charge on any atom is 0.328 e. The zero-order chi connectivity index (χ0) is 38.8. The number of hydrogen-bond donors (Lipinski definition) is 2. The van der Waals surface area contributed by atoms with Crippen LogP contribution < -0.4 is 25.2 Å². The van der Waals surface area contributed by atoms with Gasteiger partial charge < -0.3 is 24.4 Å². The van der Waals surface area contributed by atoms with Crippen LogP contribution in [0, 0.1) is 23.1 Å². The number of rotatable bonds is 9. The molecule has 5 heterocycles. The number of carbonyl (C=O) groups is 3. The number of benzene rings is 2. The lowest BCUT2D eigenvalue weighted by Crippen LogP contribution is -2.49. The topological polar surface area (TPSA) is 149 Å². The molecular weight excluding hydrogens is 737 g/mol. The molecule has 56 heavy (non-hydrogen) atoms. The molecule has 0 bridgehead atoms. The summed E-state index contributed by atoms with van der Waals surface area (Å²) in [6.45, 7) is 4.95. The number of urea groups is 1. The highest BCUT2D eigenvalue weighted by atomic mass is 35.5. The molecule has 15 heteroatoms. The molecule has 0 unspecified atom stereocenters. The third-order valence-electron chi connectivity index (χ3n) is 11.8. The minimum absolute atomic E-state index is 0.0241. The van der Waals surface area contributed by atoms with Gasteiger partial charge in [0.2, 0.25) is 5.91 Å². The quantitative estimate of drug-likeness (QED) is 0.202. The fraction of sp³-hybridized carbons (Fsp3) is 0.463. The number of nitrogens with zero attached hydrogens (tertiary/aromatic N) is 7. The average molecular weight is 782 g/mol. The highest BCUT2D eigenvalue weighted by molar-refractivity contribution is 6.31. The van der Waals surface area contributed by atoms with Crippen molar-refractivity contribution >= 4 is 51.9 Å². The van der Waals surface area contributed by atoms with Gasteiger partial charge in [-0.1, -0.05) is 11.6 Å². The van der Waals surface area contributed by atoms with E-state index in [2.05, 4.69) is 41.0 Å². The lowest BCUT2D eigenvalue weighted by molar-refractivity contribution is -0.120. The lowest BCUT2D eigenvalue weighted by atomic mass is 9.93. The van der Waals surface area contributed by atoms with E-state index in [9.17, 15) is 18.8 Å². The second-order valence-corrected chi connectivity index (χ2v) is 15.8. The van der Waals surface area contributed by atoms with Gasteiger partial charge in [-0.25, -0.2) is 19.2 Å². The fourth-order valence-corrected chi connectivity index (χ4v) is 8.89. The molecule has 2 aromatic heterocycles. The van der Waals surface area contributed by atoms with Gasteiger partial charge in [0.25, 0.3) is 5.91 Å². The van der Waals surface area contributed by atoms with Crippen LogP contribution in [0.5, 0.6) is 5.75 Å². The monoisotopic (exact) mass is 781 g/mol. The number of carbonyl (C=O) groups excluding carboxylic acids is 3. The highest BCUT2D eigenvalue weighted by Crippen LogP contribution is 2.35. The van der Waals surface area contributed by atoms with E-state index >= 15 is 0 Å². The molecule has 13 nitrogen and oxygen atoms in total. The van der Waals surface area contributed by atoms with E-state index in [4.69, 9.17) is 21.6 Å². The molecule has 3 aliphatic heterocycles. The Morgan fingerprint density at radius 1 is 0.964 bits per heavy atom. The average Bonchev–Trinajstić information content (AvgIpc) is 3.63. The first-order valence-electron chi connectivity index (χ1n) is 19.6. The molecule has 0 radical (unpaired) electrons. The second-order valence-electron chi connectivity index (χ2n) is 15.4. The number of imide groups is 1. The van der Waals surface area contributed by atoms with Crippen LogP contribution in [0.25, 0.3) is 10.9 Å². The normalized spacial score (nSPS) is 21.5. The van der Waals surface area contributed by atoms with E-state index in [0.29, 0.717) is 33.6 Å². The van der Waals surface area contributed by atoms with Crippen LogP contribution in [0.3, 0.4) is 0 Å². The van der Waals surface area contributed by atoms with Crippen molar-refractivity contribution in [2.75, 3.05) is 49.1 Å². The van der Waals surface area contributed by atoms with Gasteiger partial charge in [0, 0.05) is 75.4 Å². The smallest absolute Gasteiger partial charge is 0.328 e. The van der Waals surface area contributed by atoms with Gasteiger partial charge in [-0.2, -0.15) is 5.26 Å². The first kappa shape index (κ1) is 37.7. The van der Waals surface area contributed by atoms with E-state index < -0.39 is 11.8 Å². The Kier molecular flexibility index (Phi) is 11.1. The van der Waals surface area contributed by atoms with E-state index in [-0.39, 0.29) is 43.0 Å². The summed E-state index contributed by atoms with van der Waals surface area (Å²) in [6.07, 6.45) is 12.7. The lowest BCUT2D eigenvalue weighted by Gasteiger charge is -2.38. The SMILES string of the molecule is N#Cc1ccc(O[C@H]2CC[C@H](NC(=O)c3cnc(N4CCC(CN5CCC(n6ccc7c(N8CCC(=O)NC8=O)cc(F)cc76)CC5)CC4)cn3)CC2)cc1Cl. The standard InChI is InChI=1S/C41H45ClFN9O4/c42-34-21-32(4-1-27(34)22-44)56-31-5-2-29(3-6-31)47-40(54)35-23-46-38(24-45-35)50-15-7-26(8-16-50)25-49-13-9-30(10-14-49)51-17-11-33-36(51)19-28(43)20-37(33)52-18-12-39(53)48-41(52)55/h1,4,11,17,19-21,23-24,26,29-31H,2-3,5-10,12-16,18,25H2,(H,47,54)(H,48,53,55)/t29-,31-. The summed E-state index contributed by atoms with van der Waals surface area (Å²) in [7, 11) is 0. The van der Waals surface area contributed by atoms with E-state index in [1.165, 1.54) is 11.0 Å². The molecule has 4 aromatic rings. The van der Waals surface area contributed by atoms with Crippen molar-refractivity contribution in [2.24, 2.45) is 5.92 Å². The number of fused-ring (bicyclic) bond motifs is 1. The number of ether oxygens (including phenoxy) is 1. The summed E-state index contributed by atoms with van der Waals surface area (Å²) in [5, 5.41) is 15.7. The van der Waals surface area contributed by atoms with Crippen LogP contribution in [-0.4, -0.2) is 88.7 Å². The molecule has 4 amide bonds. The van der Waals surface area contributed by atoms with Crippen molar-refractivity contribution in [3.63, 3.8) is 0 Å². The van der Waals surface area contributed by atoms with E-state index in [1.54, 1.807) is 36.7 Å². The zero-order valence-electron chi connectivity index (χ0n) is 31.1. The third-order valence-corrected chi connectivity index (χ3v) is 12.1. The largest absolute Gasteiger partial charge is 0.490 e. The number of hydrogen-bond acceptors (Lipinski definition) is 9. The molecule has 1 aliphatic carbocycles. The Bertz CT molecular complexity index is 2130. The molecule has 1 saturated carbocycles. The summed E-state index contributed by atoms with van der Waals surface area (Å²) in [6, 6.07) is 11.8. The summed E-state index contributed by atoms with van der Waals surface area (Å²) in [5.41, 5.74) is 1.99. The predicted octanol–water partition coefficient (Wildman–Crippen LogP) is 6.22. The molecule has 2 aromatic carbocycles. The number of halogens is 2. The molecular formula is C41H45ClFN9O4. The van der Waals surface area contributed by atoms with E-state index in [0.717, 1.165) is 101 Å². The number of likely N-dealkylation sites (tertiary alicyclic amines) is 1. The van der Waals surface area contributed by atoms with Crippen molar-refractivity contribution in [1.29, 1.82) is 5.26 Å². The summed E-state index contributed by atoms with van der Waals surface area (Å²) < 4.78 is 23.1. The van der Waals surface area contributed by atoms with Gasteiger partial charge in [-0.15, -0.1) is 0 Å². The summed E-state index contributed by atoms with van der Waals surface area (Å²) >= 11 is 6.15. The van der Waals surface area contributed by atoms with Crippen LogP contribution in [-0.2, 0) is 4.79 Å². The van der Waals surface area contributed by atoms with Gasteiger partial charge in [-0.3, -0.25) is 19.8 Å². The molecule has 2 N–H and O–H groups in total. The Morgan fingerprint density at radius 3 is 2.45 bits per heavy atom. The molecule has 0 spiro atoms. The third kappa shape index (κ3) is 8.29. The van der Waals surface area contributed by atoms with Gasteiger partial charge in [0.15, 0.2) is 0 Å². The van der Waals surface area contributed by atoms with Crippen LogP contribution in [0.2, 0.25) is 5.02 Å². The van der Waals surface area contributed by atoms with E-state index in [1.807, 2.05) is 12.3 Å². The maximum atomic E-state index is 14.9. The number of anilines is 2. The maximum absolute atomic E-state index is 14.9. The summed E-state index contributed by atoms with van der Waals surface area (Å²) in [5.74, 6) is 1.07. The number of piperidine rings is 2. The van der Waals surface area contributed by atoms with Gasteiger partial charge in [0.05, 0.1) is 40.3 Å². The van der Waals surface area contributed by atoms with Gasteiger partial charge in [0.1, 0.15) is 29.1 Å². The van der Waals surface area contributed by atoms with Crippen LogP contribution >= 0.6 is 11.6 Å². The molecule has 8 rings (SSSR count). The van der Waals surface area contributed by atoms with Crippen LogP contribution in [0.4, 0.5) is 20.7 Å².